The SMILES string of the molecule is O=C[C@H](CCC(=O)O)NS(=O)(=O)c1ccc2ccccc2c1. The molecule has 0 radical (unpaired) electrons. The van der Waals surface area contributed by atoms with Crippen LogP contribution in [0, 0.1) is 0 Å². The van der Waals surface area contributed by atoms with Crippen molar-refractivity contribution >= 4 is 33.1 Å². The van der Waals surface area contributed by atoms with Gasteiger partial charge in [-0.25, -0.2) is 13.1 Å². The fraction of sp³-hybridized carbons (Fsp3) is 0.200. The summed E-state index contributed by atoms with van der Waals surface area (Å²) in [4.78, 5) is 21.5. The maximum absolute atomic E-state index is 12.3. The molecule has 0 spiro atoms. The maximum Gasteiger partial charge on any atom is 0.303 e. The van der Waals surface area contributed by atoms with E-state index >= 15 is 0 Å². The first-order valence-corrected chi connectivity index (χ1v) is 8.09. The summed E-state index contributed by atoms with van der Waals surface area (Å²) in [5.41, 5.74) is 0. The Bertz CT molecular complexity index is 800. The average Bonchev–Trinajstić information content (AvgIpc) is 2.50. The van der Waals surface area contributed by atoms with E-state index < -0.39 is 22.0 Å². The van der Waals surface area contributed by atoms with E-state index in [1.807, 2.05) is 12.1 Å². The van der Waals surface area contributed by atoms with Crippen LogP contribution in [0.25, 0.3) is 10.8 Å². The molecule has 116 valence electrons. The van der Waals surface area contributed by atoms with Crippen LogP contribution in [0.3, 0.4) is 0 Å². The average molecular weight is 321 g/mol. The minimum Gasteiger partial charge on any atom is -0.481 e. The molecule has 0 aliphatic heterocycles. The number of aliphatic carboxylic acids is 1. The van der Waals surface area contributed by atoms with Crippen LogP contribution in [0.15, 0.2) is 47.4 Å². The molecule has 7 heteroatoms. The lowest BCUT2D eigenvalue weighted by molar-refractivity contribution is -0.137. The van der Waals surface area contributed by atoms with Gasteiger partial charge in [0.2, 0.25) is 10.0 Å². The fourth-order valence-electron chi connectivity index (χ4n) is 2.04. The molecule has 1 atom stereocenters. The number of benzene rings is 2. The second-order valence-corrected chi connectivity index (χ2v) is 6.52. The Morgan fingerprint density at radius 3 is 2.50 bits per heavy atom. The van der Waals surface area contributed by atoms with Crippen molar-refractivity contribution in [2.75, 3.05) is 0 Å². The van der Waals surface area contributed by atoms with Gasteiger partial charge in [0, 0.05) is 6.42 Å². The van der Waals surface area contributed by atoms with Crippen LogP contribution in [-0.2, 0) is 19.6 Å². The van der Waals surface area contributed by atoms with Gasteiger partial charge in [-0.2, -0.15) is 0 Å². The molecule has 0 aliphatic carbocycles. The van der Waals surface area contributed by atoms with Crippen LogP contribution in [-0.4, -0.2) is 31.8 Å². The molecule has 0 saturated heterocycles. The third kappa shape index (κ3) is 3.90. The summed E-state index contributed by atoms with van der Waals surface area (Å²) in [6.45, 7) is 0. The number of rotatable bonds is 7. The lowest BCUT2D eigenvalue weighted by Gasteiger charge is -2.12. The van der Waals surface area contributed by atoms with Crippen LogP contribution in [0.5, 0.6) is 0 Å². The van der Waals surface area contributed by atoms with Gasteiger partial charge < -0.3 is 9.90 Å². The second-order valence-electron chi connectivity index (χ2n) is 4.81. The fourth-order valence-corrected chi connectivity index (χ4v) is 3.27. The minimum atomic E-state index is -3.89. The van der Waals surface area contributed by atoms with Crippen molar-refractivity contribution < 1.29 is 23.1 Å². The van der Waals surface area contributed by atoms with Gasteiger partial charge in [-0.05, 0) is 29.3 Å². The van der Waals surface area contributed by atoms with E-state index in [4.69, 9.17) is 5.11 Å². The number of carboxylic acid groups (broad SMARTS) is 1. The molecular formula is C15H15NO5S. The van der Waals surface area contributed by atoms with Crippen molar-refractivity contribution in [2.24, 2.45) is 0 Å². The topological polar surface area (TPSA) is 101 Å². The van der Waals surface area contributed by atoms with Crippen molar-refractivity contribution in [2.45, 2.75) is 23.8 Å². The van der Waals surface area contributed by atoms with Gasteiger partial charge in [0.25, 0.3) is 0 Å². The molecule has 6 nitrogen and oxygen atoms in total. The second kappa shape index (κ2) is 6.67. The summed E-state index contributed by atoms with van der Waals surface area (Å²) < 4.78 is 26.8. The summed E-state index contributed by atoms with van der Waals surface area (Å²) in [7, 11) is -3.89. The summed E-state index contributed by atoms with van der Waals surface area (Å²) in [6, 6.07) is 10.9. The standard InChI is InChI=1S/C15H15NO5S/c17-10-13(6-8-15(18)19)16-22(20,21)14-7-5-11-3-1-2-4-12(11)9-14/h1-5,7,9-10,13,16H,6,8H2,(H,18,19)/t13-/m0/s1. The Kier molecular flexibility index (Phi) is 4.89. The van der Waals surface area contributed by atoms with Gasteiger partial charge in [0.15, 0.2) is 0 Å². The van der Waals surface area contributed by atoms with Crippen LogP contribution >= 0.6 is 0 Å². The number of nitrogens with one attached hydrogen (secondary N) is 1. The van der Waals surface area contributed by atoms with Gasteiger partial charge in [-0.1, -0.05) is 30.3 Å². The first-order chi connectivity index (χ1) is 10.4. The summed E-state index contributed by atoms with van der Waals surface area (Å²) in [6.07, 6.45) is 0.0246. The van der Waals surface area contributed by atoms with Crippen LogP contribution < -0.4 is 4.72 Å². The van der Waals surface area contributed by atoms with E-state index in [0.29, 0.717) is 6.29 Å². The number of hydrogen-bond donors (Lipinski definition) is 2. The number of fused-ring (bicyclic) bond motifs is 1. The molecule has 2 N–H and O–H groups in total. The van der Waals surface area contributed by atoms with Gasteiger partial charge in [-0.15, -0.1) is 0 Å². The third-order valence-corrected chi connectivity index (χ3v) is 4.66. The Balaban J connectivity index is 2.23. The molecule has 2 aromatic carbocycles. The van der Waals surface area contributed by atoms with Crippen molar-refractivity contribution in [1.82, 2.24) is 4.72 Å². The maximum atomic E-state index is 12.3. The molecule has 0 unspecified atom stereocenters. The Labute approximate surface area is 127 Å². The van der Waals surface area contributed by atoms with Crippen LogP contribution in [0.4, 0.5) is 0 Å². The number of aldehydes is 1. The number of sulfonamides is 1. The van der Waals surface area contributed by atoms with E-state index in [-0.39, 0.29) is 17.7 Å². The molecule has 0 heterocycles. The highest BCUT2D eigenvalue weighted by atomic mass is 32.2. The lowest BCUT2D eigenvalue weighted by Crippen LogP contribution is -2.36. The molecule has 0 aliphatic rings. The minimum absolute atomic E-state index is 0.0355. The Morgan fingerprint density at radius 1 is 1.18 bits per heavy atom. The van der Waals surface area contributed by atoms with E-state index in [1.165, 1.54) is 12.1 Å². The van der Waals surface area contributed by atoms with Gasteiger partial charge in [-0.3, -0.25) is 4.79 Å². The van der Waals surface area contributed by atoms with Gasteiger partial charge in [0.05, 0.1) is 10.9 Å². The molecule has 0 bridgehead atoms. The zero-order valence-electron chi connectivity index (χ0n) is 11.6. The predicted octanol–water partition coefficient (Wildman–Crippen LogP) is 1.55. The molecule has 22 heavy (non-hydrogen) atoms. The molecule has 0 fully saturated rings. The molecule has 0 saturated carbocycles. The Morgan fingerprint density at radius 2 is 1.86 bits per heavy atom. The summed E-state index contributed by atoms with van der Waals surface area (Å²) in [5, 5.41) is 10.3. The molecular weight excluding hydrogens is 306 g/mol. The summed E-state index contributed by atoms with van der Waals surface area (Å²) >= 11 is 0. The zero-order valence-corrected chi connectivity index (χ0v) is 12.4. The first-order valence-electron chi connectivity index (χ1n) is 6.60. The molecule has 2 aromatic rings. The van der Waals surface area contributed by atoms with Gasteiger partial charge >= 0.3 is 5.97 Å². The monoisotopic (exact) mass is 321 g/mol. The van der Waals surface area contributed by atoms with E-state index in [0.717, 1.165) is 10.8 Å². The molecule has 0 amide bonds. The number of carbonyl (C=O) groups excluding carboxylic acids is 1. The highest BCUT2D eigenvalue weighted by Crippen LogP contribution is 2.19. The van der Waals surface area contributed by atoms with Crippen molar-refractivity contribution in [1.29, 1.82) is 0 Å². The first kappa shape index (κ1) is 16.1. The normalized spacial score (nSPS) is 12.9. The highest BCUT2D eigenvalue weighted by Gasteiger charge is 2.20. The predicted molar refractivity (Wildman–Crippen MR) is 81.0 cm³/mol. The number of hydrogen-bond acceptors (Lipinski definition) is 4. The van der Waals surface area contributed by atoms with Gasteiger partial charge in [0.1, 0.15) is 6.29 Å². The van der Waals surface area contributed by atoms with Crippen LogP contribution in [0.1, 0.15) is 12.8 Å². The Hall–Kier alpha value is -2.25. The van der Waals surface area contributed by atoms with Crippen molar-refractivity contribution in [3.8, 4) is 0 Å². The van der Waals surface area contributed by atoms with Crippen molar-refractivity contribution in [3.63, 3.8) is 0 Å². The van der Waals surface area contributed by atoms with E-state index in [1.54, 1.807) is 18.2 Å². The highest BCUT2D eigenvalue weighted by molar-refractivity contribution is 7.89. The lowest BCUT2D eigenvalue weighted by atomic mass is 10.1. The molecule has 2 rings (SSSR count). The van der Waals surface area contributed by atoms with E-state index in [9.17, 15) is 18.0 Å². The van der Waals surface area contributed by atoms with E-state index in [2.05, 4.69) is 4.72 Å². The number of carboxylic acids is 1. The molecule has 0 aromatic heterocycles. The quantitative estimate of drug-likeness (QED) is 0.754. The summed E-state index contributed by atoms with van der Waals surface area (Å²) in [5.74, 6) is -1.09. The van der Waals surface area contributed by atoms with Crippen LogP contribution in [0.2, 0.25) is 0 Å². The number of carbonyl (C=O) groups is 2. The largest absolute Gasteiger partial charge is 0.481 e. The smallest absolute Gasteiger partial charge is 0.303 e. The third-order valence-electron chi connectivity index (χ3n) is 3.17. The van der Waals surface area contributed by atoms with Crippen molar-refractivity contribution in [3.05, 3.63) is 42.5 Å². The zero-order chi connectivity index (χ0) is 16.2.